The van der Waals surface area contributed by atoms with E-state index in [-0.39, 0.29) is 43.8 Å². The summed E-state index contributed by atoms with van der Waals surface area (Å²) in [6, 6.07) is 24.0. The molecule has 3 heterocycles. The number of fused-ring (bicyclic) bond motifs is 1. The summed E-state index contributed by atoms with van der Waals surface area (Å²) in [4.78, 5) is 38.7. The molecule has 0 bridgehead atoms. The number of thioether (sulfide) groups is 2. The summed E-state index contributed by atoms with van der Waals surface area (Å²) in [5.41, 5.74) is 10.1. The van der Waals surface area contributed by atoms with Gasteiger partial charge in [-0.25, -0.2) is 23.7 Å². The van der Waals surface area contributed by atoms with Crippen molar-refractivity contribution in [3.63, 3.8) is 0 Å². The molecule has 0 aliphatic carbocycles. The van der Waals surface area contributed by atoms with Crippen LogP contribution in [0.5, 0.6) is 0 Å². The van der Waals surface area contributed by atoms with E-state index in [1.807, 2.05) is 38.1 Å². The first kappa shape index (κ1) is 43.4. The number of benzene rings is 4. The highest BCUT2D eigenvalue weighted by Gasteiger charge is 2.19. The zero-order chi connectivity index (χ0) is 37.6. The van der Waals surface area contributed by atoms with Crippen molar-refractivity contribution in [1.82, 2.24) is 19.5 Å². The normalized spacial score (nSPS) is 10.6. The van der Waals surface area contributed by atoms with E-state index in [1.165, 1.54) is 69.2 Å². The molecule has 7 rings (SSSR count). The molecule has 0 radical (unpaired) electrons. The third kappa shape index (κ3) is 10.3. The van der Waals surface area contributed by atoms with Crippen LogP contribution in [0.25, 0.3) is 16.0 Å². The van der Waals surface area contributed by atoms with Gasteiger partial charge in [-0.1, -0.05) is 122 Å². The Morgan fingerprint density at radius 2 is 1.36 bits per heavy atom. The maximum absolute atomic E-state index is 13.8. The van der Waals surface area contributed by atoms with Crippen LogP contribution in [0.3, 0.4) is 0 Å². The van der Waals surface area contributed by atoms with Gasteiger partial charge in [0.15, 0.2) is 14.3 Å². The standard InChI is InChI=1S/C19H13ClFN3OS2.C18H15ClFN3OS2.2CH4/c1-11-5-4-7-13(20)15(11)24-10-22-17-16(18(24)25)27-19(23-17)26-9-12-6-2-3-8-14(12)21;1-10-5-4-7-12(19)14(10)22-17(24)15-16(21)23-18(26-15)25-9-11-6-2-3-8-13(11)20;;/h2-8,10H,9H2,1H3;2-8H,9,21H2,1H3,(H,22,24);2*1H4. The van der Waals surface area contributed by atoms with Crippen LogP contribution >= 0.6 is 69.4 Å². The van der Waals surface area contributed by atoms with Gasteiger partial charge in [-0.2, -0.15) is 0 Å². The third-order valence-corrected chi connectivity index (χ3v) is 12.8. The molecule has 16 heteroatoms. The summed E-state index contributed by atoms with van der Waals surface area (Å²) >= 11 is 17.6. The van der Waals surface area contributed by atoms with Crippen LogP contribution in [0.4, 0.5) is 20.3 Å². The van der Waals surface area contributed by atoms with Crippen LogP contribution in [-0.4, -0.2) is 25.4 Å². The average Bonchev–Trinajstić information content (AvgIpc) is 3.73. The molecule has 3 N–H and O–H groups in total. The van der Waals surface area contributed by atoms with Crippen LogP contribution in [-0.2, 0) is 11.5 Å². The molecule has 3 aromatic heterocycles. The molecule has 0 unspecified atom stereocenters. The van der Waals surface area contributed by atoms with Crippen LogP contribution in [0.15, 0.2) is 105 Å². The van der Waals surface area contributed by atoms with Gasteiger partial charge in [0.05, 0.1) is 21.4 Å². The van der Waals surface area contributed by atoms with E-state index in [0.29, 0.717) is 68.0 Å². The molecule has 4 aromatic carbocycles. The van der Waals surface area contributed by atoms with Crippen LogP contribution in [0, 0.1) is 25.5 Å². The summed E-state index contributed by atoms with van der Waals surface area (Å²) < 4.78 is 30.6. The van der Waals surface area contributed by atoms with Crippen LogP contribution in [0.2, 0.25) is 10.0 Å². The van der Waals surface area contributed by atoms with Crippen LogP contribution < -0.4 is 16.6 Å². The lowest BCUT2D eigenvalue weighted by molar-refractivity contribution is 0.103. The maximum Gasteiger partial charge on any atom is 0.277 e. The van der Waals surface area contributed by atoms with Crippen molar-refractivity contribution in [2.24, 2.45) is 0 Å². The van der Waals surface area contributed by atoms with Crippen molar-refractivity contribution in [1.29, 1.82) is 0 Å². The topological polar surface area (TPSA) is 116 Å². The van der Waals surface area contributed by atoms with Gasteiger partial charge in [0.1, 0.15) is 33.4 Å². The van der Waals surface area contributed by atoms with Crippen molar-refractivity contribution >= 4 is 97.2 Å². The van der Waals surface area contributed by atoms with Crippen molar-refractivity contribution < 1.29 is 13.6 Å². The lowest BCUT2D eigenvalue weighted by atomic mass is 10.2. The summed E-state index contributed by atoms with van der Waals surface area (Å²) in [6.45, 7) is 3.74. The molecule has 0 saturated heterocycles. The second-order valence-electron chi connectivity index (χ2n) is 11.3. The van der Waals surface area contributed by atoms with Gasteiger partial charge in [-0.05, 0) is 60.4 Å². The molecule has 8 nitrogen and oxygen atoms in total. The highest BCUT2D eigenvalue weighted by Crippen LogP contribution is 2.34. The van der Waals surface area contributed by atoms with Gasteiger partial charge in [-0.3, -0.25) is 14.2 Å². The largest absolute Gasteiger partial charge is 0.382 e. The molecular formula is C39H36Cl2F2N6O2S4. The molecule has 0 fully saturated rings. The number of anilines is 2. The lowest BCUT2D eigenvalue weighted by Crippen LogP contribution is -2.19. The SMILES string of the molecule is C.C.Cc1cccc(Cl)c1-n1cnc2nc(SCc3ccccc3F)sc2c1=O.Cc1cccc(Cl)c1NC(=O)c1sc(SCc2ccccc2F)nc1N. The van der Waals surface area contributed by atoms with Gasteiger partial charge in [-0.15, -0.1) is 22.7 Å². The Morgan fingerprint density at radius 3 is 1.95 bits per heavy atom. The Kier molecular flexibility index (Phi) is 15.4. The number of rotatable bonds is 9. The number of carbonyl (C=O) groups excluding carboxylic acids is 1. The Bertz CT molecular complexity index is 2470. The molecule has 1 amide bonds. The van der Waals surface area contributed by atoms with Gasteiger partial charge in [0.25, 0.3) is 11.5 Å². The minimum Gasteiger partial charge on any atom is -0.382 e. The predicted octanol–water partition coefficient (Wildman–Crippen LogP) is 11.9. The van der Waals surface area contributed by atoms with Crippen molar-refractivity contribution in [2.75, 3.05) is 11.1 Å². The number of nitrogens with one attached hydrogen (secondary N) is 1. The molecule has 0 aliphatic heterocycles. The number of thiazole rings is 2. The molecule has 286 valence electrons. The molecular weight excluding hydrogens is 822 g/mol. The molecule has 55 heavy (non-hydrogen) atoms. The number of aromatic nitrogens is 4. The summed E-state index contributed by atoms with van der Waals surface area (Å²) in [6.07, 6.45) is 1.45. The number of nitrogens with two attached hydrogens (primary N) is 1. The summed E-state index contributed by atoms with van der Waals surface area (Å²) in [5, 5.41) is 3.72. The predicted molar refractivity (Wildman–Crippen MR) is 229 cm³/mol. The zero-order valence-electron chi connectivity index (χ0n) is 27.9. The number of aryl methyl sites for hydroxylation is 2. The first-order valence-electron chi connectivity index (χ1n) is 15.7. The second-order valence-corrected chi connectivity index (χ2v) is 16.6. The molecule has 7 aromatic rings. The minimum absolute atomic E-state index is 0. The fourth-order valence-electron chi connectivity index (χ4n) is 4.95. The monoisotopic (exact) mass is 856 g/mol. The van der Waals surface area contributed by atoms with E-state index in [9.17, 15) is 18.4 Å². The van der Waals surface area contributed by atoms with Gasteiger partial charge in [0.2, 0.25) is 0 Å². The first-order valence-corrected chi connectivity index (χ1v) is 20.0. The highest BCUT2D eigenvalue weighted by atomic mass is 35.5. The van der Waals surface area contributed by atoms with Crippen molar-refractivity contribution in [3.8, 4) is 5.69 Å². The quantitative estimate of drug-likeness (QED) is 0.138. The number of hydrogen-bond acceptors (Lipinski definition) is 10. The Balaban J connectivity index is 0.000000236. The van der Waals surface area contributed by atoms with Gasteiger partial charge in [0, 0.05) is 11.5 Å². The molecule has 0 atom stereocenters. The Labute approximate surface area is 344 Å². The molecule has 0 spiro atoms. The Morgan fingerprint density at radius 1 is 0.800 bits per heavy atom. The minimum atomic E-state index is -0.367. The lowest BCUT2D eigenvalue weighted by Gasteiger charge is -2.10. The number of nitrogen functional groups attached to an aromatic ring is 1. The third-order valence-electron chi connectivity index (χ3n) is 7.65. The van der Waals surface area contributed by atoms with E-state index < -0.39 is 0 Å². The number of carbonyl (C=O) groups is 1. The number of halogens is 4. The first-order chi connectivity index (χ1) is 25.5. The smallest absolute Gasteiger partial charge is 0.277 e. The number of amides is 1. The van der Waals surface area contributed by atoms with Gasteiger partial charge < -0.3 is 11.1 Å². The van der Waals surface area contributed by atoms with E-state index in [0.717, 1.165) is 11.1 Å². The fraction of sp³-hybridized carbons (Fsp3) is 0.154. The number of hydrogen-bond donors (Lipinski definition) is 2. The second kappa shape index (κ2) is 19.5. The van der Waals surface area contributed by atoms with Gasteiger partial charge >= 0.3 is 0 Å². The van der Waals surface area contributed by atoms with E-state index in [4.69, 9.17) is 28.9 Å². The maximum atomic E-state index is 13.8. The van der Waals surface area contributed by atoms with Crippen molar-refractivity contribution in [2.45, 2.75) is 48.9 Å². The van der Waals surface area contributed by atoms with E-state index in [1.54, 1.807) is 48.5 Å². The van der Waals surface area contributed by atoms with Crippen molar-refractivity contribution in [3.05, 3.63) is 150 Å². The number of nitrogens with zero attached hydrogens (tertiary/aromatic N) is 4. The molecule has 0 saturated carbocycles. The summed E-state index contributed by atoms with van der Waals surface area (Å²) in [7, 11) is 0. The Hall–Kier alpha value is -4.31. The van der Waals surface area contributed by atoms with Crippen LogP contribution in [0.1, 0.15) is 46.8 Å². The fourth-order valence-corrected chi connectivity index (χ4v) is 9.49. The highest BCUT2D eigenvalue weighted by molar-refractivity contribution is 8.00. The van der Waals surface area contributed by atoms with E-state index in [2.05, 4.69) is 20.3 Å². The zero-order valence-corrected chi connectivity index (χ0v) is 32.7. The van der Waals surface area contributed by atoms with E-state index >= 15 is 0 Å². The average molecular weight is 858 g/mol. The number of para-hydroxylation sites is 2. The summed E-state index contributed by atoms with van der Waals surface area (Å²) in [5.74, 6) is 0.105. The molecule has 0 aliphatic rings.